The van der Waals surface area contributed by atoms with Gasteiger partial charge in [-0.25, -0.2) is 12.7 Å². The highest BCUT2D eigenvalue weighted by molar-refractivity contribution is 7.89. The lowest BCUT2D eigenvalue weighted by molar-refractivity contribution is -0.142. The number of sulfonamides is 1. The van der Waals surface area contributed by atoms with Crippen LogP contribution in [0.2, 0.25) is 10.0 Å². The van der Waals surface area contributed by atoms with E-state index in [2.05, 4.69) is 4.74 Å². The fourth-order valence-electron chi connectivity index (χ4n) is 4.07. The summed E-state index contributed by atoms with van der Waals surface area (Å²) in [5.41, 5.74) is 0.614. The van der Waals surface area contributed by atoms with Crippen molar-refractivity contribution in [2.45, 2.75) is 43.0 Å². The van der Waals surface area contributed by atoms with Gasteiger partial charge in [0.15, 0.2) is 5.78 Å². The number of ether oxygens (including phenoxy) is 2. The Labute approximate surface area is 214 Å². The Morgan fingerprint density at radius 1 is 1.06 bits per heavy atom. The zero-order valence-electron chi connectivity index (χ0n) is 19.2. The molecule has 3 rings (SSSR count). The molecule has 1 aliphatic rings. The van der Waals surface area contributed by atoms with Crippen LogP contribution >= 0.6 is 23.2 Å². The summed E-state index contributed by atoms with van der Waals surface area (Å²) in [5, 5.41) is 0.745. The van der Waals surface area contributed by atoms with Crippen molar-refractivity contribution in [1.82, 2.24) is 4.31 Å². The Morgan fingerprint density at radius 3 is 2.34 bits per heavy atom. The summed E-state index contributed by atoms with van der Waals surface area (Å²) in [6, 6.07) is 8.92. The van der Waals surface area contributed by atoms with Gasteiger partial charge in [0.05, 0.1) is 19.1 Å². The number of rotatable bonds is 8. The fourth-order valence-corrected chi connectivity index (χ4v) is 6.05. The van der Waals surface area contributed by atoms with Crippen molar-refractivity contribution < 1.29 is 32.3 Å². The van der Waals surface area contributed by atoms with Gasteiger partial charge in [0.1, 0.15) is 11.8 Å². The molecular weight excluding hydrogens is 517 g/mol. The monoisotopic (exact) mass is 541 g/mol. The van der Waals surface area contributed by atoms with Crippen LogP contribution in [0.1, 0.15) is 31.2 Å². The molecule has 1 aliphatic heterocycles. The van der Waals surface area contributed by atoms with Crippen molar-refractivity contribution >= 4 is 50.9 Å². The molecule has 11 heteroatoms. The molecule has 35 heavy (non-hydrogen) atoms. The summed E-state index contributed by atoms with van der Waals surface area (Å²) in [7, 11) is -1.77. The van der Waals surface area contributed by atoms with Gasteiger partial charge < -0.3 is 9.47 Å². The van der Waals surface area contributed by atoms with E-state index in [0.717, 1.165) is 0 Å². The number of carbonyl (C=O) groups is 3. The van der Waals surface area contributed by atoms with Crippen LogP contribution in [0.25, 0.3) is 0 Å². The van der Waals surface area contributed by atoms with E-state index in [9.17, 15) is 22.8 Å². The average molecular weight is 542 g/mol. The lowest BCUT2D eigenvalue weighted by atomic mass is 9.93. The standard InChI is InChI=1S/C24H25Cl2NO7S/c1-33-22-11-6-18(26)14-16(22)13-15-3-10-21(28)20(9-12-23(29)34-2)27(24(15)30)35(31,32)19-7-4-17(25)5-8-19/h4-8,11,14-15,20H,3,9-10,12-13H2,1-2H3/t15-,20-/m1/s1. The first-order valence-electron chi connectivity index (χ1n) is 10.8. The topological polar surface area (TPSA) is 107 Å². The van der Waals surface area contributed by atoms with Gasteiger partial charge in [-0.1, -0.05) is 23.2 Å². The molecule has 1 amide bonds. The Morgan fingerprint density at radius 2 is 1.71 bits per heavy atom. The zero-order chi connectivity index (χ0) is 25.8. The van der Waals surface area contributed by atoms with Crippen molar-refractivity contribution in [3.8, 4) is 5.75 Å². The number of benzene rings is 2. The number of esters is 1. The molecule has 0 aromatic heterocycles. The number of halogens is 2. The second kappa shape index (κ2) is 11.4. The van der Waals surface area contributed by atoms with E-state index in [-0.39, 0.29) is 37.0 Å². The summed E-state index contributed by atoms with van der Waals surface area (Å²) in [6.45, 7) is 0. The molecule has 0 spiro atoms. The van der Waals surface area contributed by atoms with Crippen molar-refractivity contribution in [2.24, 2.45) is 5.92 Å². The van der Waals surface area contributed by atoms with E-state index in [1.807, 2.05) is 0 Å². The molecule has 0 aliphatic carbocycles. The van der Waals surface area contributed by atoms with Crippen LogP contribution in [-0.4, -0.2) is 50.6 Å². The largest absolute Gasteiger partial charge is 0.496 e. The maximum atomic E-state index is 13.8. The van der Waals surface area contributed by atoms with Gasteiger partial charge in [-0.15, -0.1) is 0 Å². The van der Waals surface area contributed by atoms with Gasteiger partial charge in [-0.2, -0.15) is 0 Å². The lowest BCUT2D eigenvalue weighted by Crippen LogP contribution is -2.49. The number of hydrogen-bond donors (Lipinski definition) is 0. The number of nitrogens with zero attached hydrogens (tertiary/aromatic N) is 1. The minimum Gasteiger partial charge on any atom is -0.496 e. The highest BCUT2D eigenvalue weighted by Gasteiger charge is 2.44. The lowest BCUT2D eigenvalue weighted by Gasteiger charge is -2.30. The second-order valence-electron chi connectivity index (χ2n) is 8.09. The first-order chi connectivity index (χ1) is 16.6. The van der Waals surface area contributed by atoms with Gasteiger partial charge >= 0.3 is 5.97 Å². The average Bonchev–Trinajstić information content (AvgIpc) is 2.94. The van der Waals surface area contributed by atoms with Crippen LogP contribution in [0.5, 0.6) is 5.75 Å². The van der Waals surface area contributed by atoms with E-state index in [0.29, 0.717) is 25.7 Å². The summed E-state index contributed by atoms with van der Waals surface area (Å²) in [6.07, 6.45) is -0.185. The predicted octanol–water partition coefficient (Wildman–Crippen LogP) is 4.06. The molecule has 2 atom stereocenters. The molecular formula is C24H25Cl2NO7S. The molecule has 8 nitrogen and oxygen atoms in total. The third-order valence-corrected chi connectivity index (χ3v) is 8.20. The Balaban J connectivity index is 2.05. The summed E-state index contributed by atoms with van der Waals surface area (Å²) in [4.78, 5) is 38.5. The summed E-state index contributed by atoms with van der Waals surface area (Å²) < 4.78 is 38.0. The molecule has 0 unspecified atom stereocenters. The number of carbonyl (C=O) groups excluding carboxylic acids is 3. The molecule has 0 N–H and O–H groups in total. The SMILES string of the molecule is COC(=O)CC[C@@H]1C(=O)CC[C@H](Cc2cc(Cl)ccc2OC)C(=O)N1S(=O)(=O)c1ccc(Cl)cc1. The van der Waals surface area contributed by atoms with E-state index in [1.54, 1.807) is 18.2 Å². The van der Waals surface area contributed by atoms with Gasteiger partial charge in [0.2, 0.25) is 5.91 Å². The summed E-state index contributed by atoms with van der Waals surface area (Å²) >= 11 is 12.0. The molecule has 2 aromatic rings. The normalized spacial score (nSPS) is 18.8. The van der Waals surface area contributed by atoms with E-state index in [4.69, 9.17) is 27.9 Å². The molecule has 0 radical (unpaired) electrons. The predicted molar refractivity (Wildman–Crippen MR) is 130 cm³/mol. The third-order valence-electron chi connectivity index (χ3n) is 5.89. The molecule has 0 saturated carbocycles. The number of ketones is 1. The second-order valence-corrected chi connectivity index (χ2v) is 10.8. The number of methoxy groups -OCH3 is 2. The number of hydrogen-bond acceptors (Lipinski definition) is 7. The molecule has 1 saturated heterocycles. The quantitative estimate of drug-likeness (QED) is 0.463. The number of amides is 1. The van der Waals surface area contributed by atoms with Gasteiger partial charge in [-0.05, 0) is 67.3 Å². The van der Waals surface area contributed by atoms with Crippen LogP contribution in [0.15, 0.2) is 47.4 Å². The van der Waals surface area contributed by atoms with Crippen LogP contribution in [-0.2, 0) is 35.6 Å². The zero-order valence-corrected chi connectivity index (χ0v) is 21.5. The Kier molecular flexibility index (Phi) is 8.79. The minimum absolute atomic E-state index is 0.0300. The summed E-state index contributed by atoms with van der Waals surface area (Å²) in [5.74, 6) is -2.13. The molecule has 1 fully saturated rings. The van der Waals surface area contributed by atoms with E-state index >= 15 is 0 Å². The minimum atomic E-state index is -4.44. The first kappa shape index (κ1) is 27.0. The Hall–Kier alpha value is -2.62. The van der Waals surface area contributed by atoms with E-state index in [1.165, 1.54) is 38.5 Å². The van der Waals surface area contributed by atoms with Crippen LogP contribution < -0.4 is 4.74 Å². The third kappa shape index (κ3) is 6.15. The van der Waals surface area contributed by atoms with Crippen molar-refractivity contribution in [2.75, 3.05) is 14.2 Å². The first-order valence-corrected chi connectivity index (χ1v) is 13.0. The molecule has 1 heterocycles. The van der Waals surface area contributed by atoms with Gasteiger partial charge in [-0.3, -0.25) is 14.4 Å². The van der Waals surface area contributed by atoms with Gasteiger partial charge in [0.25, 0.3) is 10.0 Å². The van der Waals surface area contributed by atoms with Crippen LogP contribution in [0.4, 0.5) is 0 Å². The van der Waals surface area contributed by atoms with Gasteiger partial charge in [0, 0.05) is 28.8 Å². The number of Topliss-reactive ketones (excluding diaryl/α,β-unsaturated/α-hetero) is 1. The molecule has 188 valence electrons. The highest BCUT2D eigenvalue weighted by Crippen LogP contribution is 2.33. The van der Waals surface area contributed by atoms with Crippen molar-refractivity contribution in [1.29, 1.82) is 0 Å². The Bertz CT molecular complexity index is 1210. The smallest absolute Gasteiger partial charge is 0.305 e. The van der Waals surface area contributed by atoms with Crippen LogP contribution in [0.3, 0.4) is 0 Å². The molecule has 2 aromatic carbocycles. The fraction of sp³-hybridized carbons (Fsp3) is 0.375. The van der Waals surface area contributed by atoms with Crippen LogP contribution in [0, 0.1) is 5.92 Å². The van der Waals surface area contributed by atoms with Crippen molar-refractivity contribution in [3.63, 3.8) is 0 Å². The maximum Gasteiger partial charge on any atom is 0.305 e. The maximum absolute atomic E-state index is 13.8. The van der Waals surface area contributed by atoms with E-state index < -0.39 is 39.6 Å². The van der Waals surface area contributed by atoms with Crippen molar-refractivity contribution in [3.05, 3.63) is 58.1 Å². The molecule has 0 bridgehead atoms. The highest BCUT2D eigenvalue weighted by atomic mass is 35.5.